The molecule has 0 saturated carbocycles. The first-order valence-electron chi connectivity index (χ1n) is 8.04. The first kappa shape index (κ1) is 21.0. The van der Waals surface area contributed by atoms with E-state index in [0.29, 0.717) is 11.1 Å². The third-order valence-corrected chi connectivity index (χ3v) is 3.74. The van der Waals surface area contributed by atoms with Crippen molar-refractivity contribution in [2.45, 2.75) is 33.1 Å². The number of ketones is 2. The Labute approximate surface area is 152 Å². The van der Waals surface area contributed by atoms with Crippen LogP contribution in [0.1, 0.15) is 53.0 Å². The highest BCUT2D eigenvalue weighted by Crippen LogP contribution is 2.19. The van der Waals surface area contributed by atoms with E-state index in [2.05, 4.69) is 13.2 Å². The Morgan fingerprint density at radius 1 is 0.962 bits per heavy atom. The number of hydrogen-bond acceptors (Lipinski definition) is 5. The average molecular weight is 358 g/mol. The third-order valence-electron chi connectivity index (χ3n) is 3.74. The highest BCUT2D eigenvalue weighted by atomic mass is 16.5. The van der Waals surface area contributed by atoms with Crippen LogP contribution in [0.25, 0.3) is 0 Å². The average Bonchev–Trinajstić information content (AvgIpc) is 2.58. The van der Waals surface area contributed by atoms with Crippen LogP contribution >= 0.6 is 0 Å². The van der Waals surface area contributed by atoms with E-state index in [9.17, 15) is 24.3 Å². The number of benzene rings is 1. The van der Waals surface area contributed by atoms with Crippen LogP contribution in [-0.4, -0.2) is 35.2 Å². The normalized spacial score (nSPS) is 10.1. The van der Waals surface area contributed by atoms with Gasteiger partial charge in [0.05, 0.1) is 17.7 Å². The van der Waals surface area contributed by atoms with E-state index in [0.717, 1.165) is 0 Å². The van der Waals surface area contributed by atoms with E-state index in [-0.39, 0.29) is 54.1 Å². The highest BCUT2D eigenvalue weighted by Gasteiger charge is 2.20. The first-order chi connectivity index (χ1) is 12.1. The van der Waals surface area contributed by atoms with Gasteiger partial charge in [0, 0.05) is 12.8 Å². The standard InChI is InChI=1S/C20H22O6/c1-12(2)17(21)9-8-14-15(19(23)24)6-5-7-16(14)20(25)26-11-10-18(22)13(3)4/h5-7H,1,3,8-11H2,2,4H3,(H,23,24). The van der Waals surface area contributed by atoms with Crippen molar-refractivity contribution in [1.29, 1.82) is 0 Å². The van der Waals surface area contributed by atoms with Crippen molar-refractivity contribution in [2.24, 2.45) is 0 Å². The molecule has 0 unspecified atom stereocenters. The molecule has 0 aliphatic heterocycles. The van der Waals surface area contributed by atoms with E-state index >= 15 is 0 Å². The number of carbonyl (C=O) groups excluding carboxylic acids is 3. The van der Waals surface area contributed by atoms with Crippen molar-refractivity contribution in [2.75, 3.05) is 6.61 Å². The molecule has 1 N–H and O–H groups in total. The van der Waals surface area contributed by atoms with Crippen LogP contribution in [0.15, 0.2) is 42.5 Å². The maximum Gasteiger partial charge on any atom is 0.338 e. The van der Waals surface area contributed by atoms with Crippen molar-refractivity contribution in [1.82, 2.24) is 0 Å². The van der Waals surface area contributed by atoms with Crippen molar-refractivity contribution >= 4 is 23.5 Å². The van der Waals surface area contributed by atoms with Gasteiger partial charge in [0.2, 0.25) is 0 Å². The molecule has 0 fully saturated rings. The minimum Gasteiger partial charge on any atom is -0.478 e. The molecule has 138 valence electrons. The summed E-state index contributed by atoms with van der Waals surface area (Å²) in [6.07, 6.45) is 0.112. The summed E-state index contributed by atoms with van der Waals surface area (Å²) in [5.74, 6) is -2.36. The number of Topliss-reactive ketones (excluding diaryl/α,β-unsaturated/α-hetero) is 2. The lowest BCUT2D eigenvalue weighted by molar-refractivity contribution is -0.116. The second kappa shape index (κ2) is 9.46. The molecule has 0 amide bonds. The van der Waals surface area contributed by atoms with Crippen LogP contribution in [-0.2, 0) is 20.7 Å². The van der Waals surface area contributed by atoms with Crippen molar-refractivity contribution < 1.29 is 29.0 Å². The first-order valence-corrected chi connectivity index (χ1v) is 8.04. The zero-order valence-electron chi connectivity index (χ0n) is 15.0. The number of carboxylic acid groups (broad SMARTS) is 1. The fourth-order valence-corrected chi connectivity index (χ4v) is 2.23. The number of esters is 1. The third kappa shape index (κ3) is 5.81. The second-order valence-corrected chi connectivity index (χ2v) is 5.93. The number of hydrogen-bond donors (Lipinski definition) is 1. The molecule has 0 radical (unpaired) electrons. The Hall–Kier alpha value is -3.02. The van der Waals surface area contributed by atoms with Crippen LogP contribution in [0.2, 0.25) is 0 Å². The number of rotatable bonds is 10. The van der Waals surface area contributed by atoms with Crippen LogP contribution in [0.4, 0.5) is 0 Å². The molecule has 0 aliphatic rings. The van der Waals surface area contributed by atoms with Gasteiger partial charge in [0.15, 0.2) is 11.6 Å². The number of ether oxygens (including phenoxy) is 1. The van der Waals surface area contributed by atoms with Crippen LogP contribution < -0.4 is 0 Å². The number of aromatic carboxylic acids is 1. The zero-order chi connectivity index (χ0) is 19.9. The summed E-state index contributed by atoms with van der Waals surface area (Å²) in [4.78, 5) is 47.0. The lowest BCUT2D eigenvalue weighted by atomic mass is 9.95. The van der Waals surface area contributed by atoms with Crippen molar-refractivity contribution in [3.8, 4) is 0 Å². The number of carboxylic acids is 1. The van der Waals surface area contributed by atoms with Gasteiger partial charge in [-0.3, -0.25) is 9.59 Å². The van der Waals surface area contributed by atoms with Gasteiger partial charge in [-0.1, -0.05) is 19.2 Å². The Morgan fingerprint density at radius 3 is 2.04 bits per heavy atom. The van der Waals surface area contributed by atoms with Crippen LogP contribution in [0, 0.1) is 0 Å². The minimum absolute atomic E-state index is 0.00315. The summed E-state index contributed by atoms with van der Waals surface area (Å²) in [5, 5.41) is 9.35. The predicted octanol–water partition coefficient (Wildman–Crippen LogP) is 3.15. The quantitative estimate of drug-likeness (QED) is 0.510. The molecule has 0 heterocycles. The molecule has 1 rings (SSSR count). The summed E-state index contributed by atoms with van der Waals surface area (Å²) in [6, 6.07) is 4.24. The SMILES string of the molecule is C=C(C)C(=O)CCOC(=O)c1cccc(C(=O)O)c1CCC(=O)C(=C)C. The van der Waals surface area contributed by atoms with Gasteiger partial charge >= 0.3 is 11.9 Å². The molecule has 6 heteroatoms. The van der Waals surface area contributed by atoms with E-state index in [1.165, 1.54) is 18.2 Å². The predicted molar refractivity (Wildman–Crippen MR) is 96.3 cm³/mol. The van der Waals surface area contributed by atoms with Gasteiger partial charge in [0.1, 0.15) is 0 Å². The summed E-state index contributed by atoms with van der Waals surface area (Å²) in [7, 11) is 0. The van der Waals surface area contributed by atoms with Crippen molar-refractivity contribution in [3.63, 3.8) is 0 Å². The topological polar surface area (TPSA) is 97.7 Å². The molecule has 1 aromatic carbocycles. The molecule has 0 atom stereocenters. The van der Waals surface area contributed by atoms with E-state index in [1.807, 2.05) is 0 Å². The van der Waals surface area contributed by atoms with Crippen molar-refractivity contribution in [3.05, 3.63) is 59.2 Å². The Bertz CT molecular complexity index is 773. The van der Waals surface area contributed by atoms with Gasteiger partial charge in [-0.25, -0.2) is 9.59 Å². The van der Waals surface area contributed by atoms with Gasteiger partial charge in [-0.2, -0.15) is 0 Å². The Morgan fingerprint density at radius 2 is 1.50 bits per heavy atom. The fourth-order valence-electron chi connectivity index (χ4n) is 2.23. The van der Waals surface area contributed by atoms with Gasteiger partial charge in [0.25, 0.3) is 0 Å². The molecule has 6 nitrogen and oxygen atoms in total. The maximum atomic E-state index is 12.3. The van der Waals surface area contributed by atoms with Gasteiger partial charge in [-0.05, 0) is 49.1 Å². The van der Waals surface area contributed by atoms with Crippen LogP contribution in [0.5, 0.6) is 0 Å². The van der Waals surface area contributed by atoms with E-state index in [4.69, 9.17) is 4.74 Å². The molecule has 0 spiro atoms. The number of allylic oxidation sites excluding steroid dienone is 2. The Balaban J connectivity index is 3.00. The molecule has 0 bridgehead atoms. The number of carbonyl (C=O) groups is 4. The Kier molecular flexibility index (Phi) is 7.65. The summed E-state index contributed by atoms with van der Waals surface area (Å²) >= 11 is 0. The van der Waals surface area contributed by atoms with Gasteiger partial charge in [-0.15, -0.1) is 0 Å². The zero-order valence-corrected chi connectivity index (χ0v) is 15.0. The molecule has 26 heavy (non-hydrogen) atoms. The summed E-state index contributed by atoms with van der Waals surface area (Å²) < 4.78 is 5.08. The highest BCUT2D eigenvalue weighted by molar-refractivity contribution is 5.99. The van der Waals surface area contributed by atoms with Gasteiger partial charge < -0.3 is 9.84 Å². The molecule has 0 saturated heterocycles. The minimum atomic E-state index is -1.20. The molecule has 0 aliphatic carbocycles. The lowest BCUT2D eigenvalue weighted by Crippen LogP contribution is -2.15. The molecular formula is C20H22O6. The smallest absolute Gasteiger partial charge is 0.338 e. The van der Waals surface area contributed by atoms with E-state index < -0.39 is 11.9 Å². The molecular weight excluding hydrogens is 336 g/mol. The van der Waals surface area contributed by atoms with Crippen LogP contribution in [0.3, 0.4) is 0 Å². The largest absolute Gasteiger partial charge is 0.478 e. The molecule has 1 aromatic rings. The summed E-state index contributed by atoms with van der Waals surface area (Å²) in [5.41, 5.74) is 0.966. The van der Waals surface area contributed by atoms with E-state index in [1.54, 1.807) is 13.8 Å². The molecule has 0 aromatic heterocycles. The maximum absolute atomic E-state index is 12.3. The second-order valence-electron chi connectivity index (χ2n) is 5.93. The monoisotopic (exact) mass is 358 g/mol. The summed E-state index contributed by atoms with van der Waals surface area (Å²) in [6.45, 7) is 10.1. The lowest BCUT2D eigenvalue weighted by Gasteiger charge is -2.12. The fraction of sp³-hybridized carbons (Fsp3) is 0.300.